The fraction of sp³-hybridized carbons (Fsp3) is 0.533. The molecule has 0 bridgehead atoms. The molecule has 1 aromatic carbocycles. The number of amides is 1. The number of hydrogen-bond acceptors (Lipinski definition) is 4. The average Bonchev–Trinajstić information content (AvgIpc) is 3.22. The van der Waals surface area contributed by atoms with E-state index in [0.717, 1.165) is 12.8 Å². The number of alkyl halides is 3. The first-order valence-electron chi connectivity index (χ1n) is 7.53. The summed E-state index contributed by atoms with van der Waals surface area (Å²) in [7, 11) is -3.11. The minimum Gasteiger partial charge on any atom is -0.332 e. The van der Waals surface area contributed by atoms with Crippen molar-refractivity contribution in [3.05, 3.63) is 29.8 Å². The molecule has 9 heteroatoms. The molecule has 1 heterocycles. The van der Waals surface area contributed by atoms with E-state index in [4.69, 9.17) is 0 Å². The predicted octanol–water partition coefficient (Wildman–Crippen LogP) is 3.09. The van der Waals surface area contributed by atoms with Crippen molar-refractivity contribution in [2.45, 2.75) is 41.7 Å². The number of thioether (sulfide) groups is 1. The van der Waals surface area contributed by atoms with Crippen LogP contribution in [0.4, 0.5) is 13.2 Å². The molecule has 1 aliphatic heterocycles. The van der Waals surface area contributed by atoms with Crippen LogP contribution in [0.3, 0.4) is 0 Å². The number of benzene rings is 1. The molecule has 2 aliphatic rings. The molecule has 4 nitrogen and oxygen atoms in total. The highest BCUT2D eigenvalue weighted by atomic mass is 32.2. The molecule has 24 heavy (non-hydrogen) atoms. The minimum atomic E-state index is -4.37. The second-order valence-electron chi connectivity index (χ2n) is 6.07. The maximum Gasteiger partial charge on any atom is 0.446 e. The van der Waals surface area contributed by atoms with Crippen LogP contribution in [0.5, 0.6) is 0 Å². The van der Waals surface area contributed by atoms with Crippen molar-refractivity contribution in [1.82, 2.24) is 4.90 Å². The lowest BCUT2D eigenvalue weighted by Gasteiger charge is -2.28. The molecule has 0 spiro atoms. The van der Waals surface area contributed by atoms with Crippen LogP contribution in [0.1, 0.15) is 29.6 Å². The quantitative estimate of drug-likeness (QED) is 0.755. The Morgan fingerprint density at radius 3 is 2.17 bits per heavy atom. The Labute approximate surface area is 142 Å². The summed E-state index contributed by atoms with van der Waals surface area (Å²) in [5, 5.41) is 0. The number of rotatable bonds is 4. The smallest absolute Gasteiger partial charge is 0.332 e. The van der Waals surface area contributed by atoms with Crippen molar-refractivity contribution in [1.29, 1.82) is 0 Å². The summed E-state index contributed by atoms with van der Waals surface area (Å²) in [6, 6.07) is 4.98. The fourth-order valence-corrected chi connectivity index (χ4v) is 5.18. The number of hydrogen-bond donors (Lipinski definition) is 0. The van der Waals surface area contributed by atoms with E-state index in [1.165, 1.54) is 24.3 Å². The molecule has 0 radical (unpaired) electrons. The van der Waals surface area contributed by atoms with E-state index in [9.17, 15) is 26.4 Å². The summed E-state index contributed by atoms with van der Waals surface area (Å²) in [5.74, 6) is -0.254. The summed E-state index contributed by atoms with van der Waals surface area (Å²) < 4.78 is 60.4. The average molecular weight is 379 g/mol. The van der Waals surface area contributed by atoms with Crippen molar-refractivity contribution in [2.24, 2.45) is 0 Å². The molecular formula is C15H16F3NO3S2. The van der Waals surface area contributed by atoms with E-state index < -0.39 is 15.3 Å². The minimum absolute atomic E-state index is 0.0143. The van der Waals surface area contributed by atoms with Crippen LogP contribution >= 0.6 is 11.8 Å². The van der Waals surface area contributed by atoms with Gasteiger partial charge in [-0.05, 0) is 55.3 Å². The molecule has 1 saturated carbocycles. The fourth-order valence-electron chi connectivity index (χ4n) is 2.93. The van der Waals surface area contributed by atoms with Crippen molar-refractivity contribution in [2.75, 3.05) is 11.5 Å². The first-order chi connectivity index (χ1) is 11.1. The molecule has 1 aromatic rings. The number of nitrogens with zero attached hydrogens (tertiary/aromatic N) is 1. The van der Waals surface area contributed by atoms with Crippen molar-refractivity contribution < 1.29 is 26.4 Å². The van der Waals surface area contributed by atoms with Gasteiger partial charge in [0.2, 0.25) is 0 Å². The van der Waals surface area contributed by atoms with E-state index in [2.05, 4.69) is 0 Å². The Kier molecular flexibility index (Phi) is 4.59. The topological polar surface area (TPSA) is 54.5 Å². The van der Waals surface area contributed by atoms with Crippen LogP contribution in [-0.2, 0) is 9.84 Å². The van der Waals surface area contributed by atoms with Crippen LogP contribution in [0.2, 0.25) is 0 Å². The monoisotopic (exact) mass is 379 g/mol. The molecule has 0 N–H and O–H groups in total. The lowest BCUT2D eigenvalue weighted by molar-refractivity contribution is -0.0328. The molecule has 2 fully saturated rings. The largest absolute Gasteiger partial charge is 0.446 e. The Hall–Kier alpha value is -1.22. The summed E-state index contributed by atoms with van der Waals surface area (Å²) >= 11 is -0.231. The Bertz CT molecular complexity index is 727. The molecule has 1 unspecified atom stereocenters. The van der Waals surface area contributed by atoms with Crippen LogP contribution < -0.4 is 0 Å². The van der Waals surface area contributed by atoms with Gasteiger partial charge in [-0.1, -0.05) is 0 Å². The van der Waals surface area contributed by atoms with Gasteiger partial charge in [0.1, 0.15) is 0 Å². The van der Waals surface area contributed by atoms with E-state index in [1.807, 2.05) is 0 Å². The van der Waals surface area contributed by atoms with Gasteiger partial charge in [0, 0.05) is 22.5 Å². The third-order valence-electron chi connectivity index (χ3n) is 4.11. The lowest BCUT2D eigenvalue weighted by Crippen LogP contribution is -2.42. The van der Waals surface area contributed by atoms with Gasteiger partial charge in [0.15, 0.2) is 9.84 Å². The van der Waals surface area contributed by atoms with Crippen molar-refractivity contribution >= 4 is 27.5 Å². The van der Waals surface area contributed by atoms with Crippen molar-refractivity contribution in [3.63, 3.8) is 0 Å². The maximum absolute atomic E-state index is 12.7. The number of sulfone groups is 1. The number of halogens is 3. The SMILES string of the molecule is O=C(c1ccc(SC(F)(F)F)cc1)N(C1CC1)C1CCS(=O)(=O)C1. The van der Waals surface area contributed by atoms with Crippen LogP contribution in [0.15, 0.2) is 29.2 Å². The molecule has 1 saturated heterocycles. The second kappa shape index (κ2) is 6.25. The lowest BCUT2D eigenvalue weighted by atomic mass is 10.1. The first kappa shape index (κ1) is 17.6. The van der Waals surface area contributed by atoms with Crippen molar-refractivity contribution in [3.8, 4) is 0 Å². The third kappa shape index (κ3) is 4.24. The van der Waals surface area contributed by atoms with Crippen LogP contribution in [-0.4, -0.2) is 48.3 Å². The third-order valence-corrected chi connectivity index (χ3v) is 6.60. The number of carbonyl (C=O) groups is 1. The Morgan fingerprint density at radius 2 is 1.71 bits per heavy atom. The van der Waals surface area contributed by atoms with Gasteiger partial charge < -0.3 is 4.90 Å². The summed E-state index contributed by atoms with van der Waals surface area (Å²) in [4.78, 5) is 14.4. The van der Waals surface area contributed by atoms with E-state index in [0.29, 0.717) is 6.42 Å². The van der Waals surface area contributed by atoms with Gasteiger partial charge in [0.05, 0.1) is 11.5 Å². The normalized spacial score (nSPS) is 23.2. The van der Waals surface area contributed by atoms with Crippen LogP contribution in [0.25, 0.3) is 0 Å². The maximum atomic E-state index is 12.7. The Morgan fingerprint density at radius 1 is 1.08 bits per heavy atom. The zero-order valence-electron chi connectivity index (χ0n) is 12.6. The molecule has 1 aliphatic carbocycles. The second-order valence-corrected chi connectivity index (χ2v) is 9.44. The Balaban J connectivity index is 1.76. The zero-order chi connectivity index (χ0) is 17.5. The highest BCUT2D eigenvalue weighted by Gasteiger charge is 2.42. The molecule has 1 atom stereocenters. The molecule has 132 valence electrons. The highest BCUT2D eigenvalue weighted by molar-refractivity contribution is 8.00. The highest BCUT2D eigenvalue weighted by Crippen LogP contribution is 2.37. The van der Waals surface area contributed by atoms with Gasteiger partial charge in [-0.15, -0.1) is 0 Å². The van der Waals surface area contributed by atoms with Gasteiger partial charge in [-0.25, -0.2) is 8.42 Å². The summed E-state index contributed by atoms with van der Waals surface area (Å²) in [6.45, 7) is 0. The van der Waals surface area contributed by atoms with E-state index in [-0.39, 0.29) is 51.7 Å². The molecule has 0 aromatic heterocycles. The van der Waals surface area contributed by atoms with Crippen LogP contribution in [0, 0.1) is 0 Å². The molecule has 3 rings (SSSR count). The van der Waals surface area contributed by atoms with E-state index >= 15 is 0 Å². The zero-order valence-corrected chi connectivity index (χ0v) is 14.3. The summed E-state index contributed by atoms with van der Waals surface area (Å²) in [5.41, 5.74) is -4.08. The van der Waals surface area contributed by atoms with Gasteiger partial charge >= 0.3 is 5.51 Å². The van der Waals surface area contributed by atoms with E-state index in [1.54, 1.807) is 4.90 Å². The van der Waals surface area contributed by atoms with Gasteiger partial charge in [-0.2, -0.15) is 13.2 Å². The molecular weight excluding hydrogens is 363 g/mol. The van der Waals surface area contributed by atoms with Gasteiger partial charge in [0.25, 0.3) is 5.91 Å². The first-order valence-corrected chi connectivity index (χ1v) is 10.2. The van der Waals surface area contributed by atoms with Gasteiger partial charge in [-0.3, -0.25) is 4.79 Å². The number of carbonyl (C=O) groups excluding carboxylic acids is 1. The summed E-state index contributed by atoms with van der Waals surface area (Å²) in [6.07, 6.45) is 2.10. The predicted molar refractivity (Wildman–Crippen MR) is 84.6 cm³/mol. The molecule has 1 amide bonds. The standard InChI is InChI=1S/C15H16F3NO3S2/c16-15(17,18)23-13-5-1-10(2-6-13)14(20)19(11-3-4-11)12-7-8-24(21,22)9-12/h1-2,5-6,11-12H,3-4,7-9H2.